The number of nitrogens with two attached hydrogens (primary N) is 1. The summed E-state index contributed by atoms with van der Waals surface area (Å²) in [6, 6.07) is 4.63. The van der Waals surface area contributed by atoms with Gasteiger partial charge in [-0.2, -0.15) is 8.78 Å². The average Bonchev–Trinajstić information content (AvgIpc) is 2.37. The van der Waals surface area contributed by atoms with Gasteiger partial charge in [-0.1, -0.05) is 0 Å². The molecule has 0 aromatic heterocycles. The van der Waals surface area contributed by atoms with E-state index >= 15 is 0 Å². The minimum absolute atomic E-state index is 0.185. The number of hydrogen-bond acceptors (Lipinski definition) is 4. The number of amides is 1. The Balaban J connectivity index is 2.01. The molecule has 116 valence electrons. The van der Waals surface area contributed by atoms with E-state index in [4.69, 9.17) is 5.73 Å². The van der Waals surface area contributed by atoms with Crippen LogP contribution in [-0.2, 0) is 14.6 Å². The molecule has 1 aliphatic carbocycles. The fraction of sp³-hybridized carbons (Fsp3) is 0.462. The summed E-state index contributed by atoms with van der Waals surface area (Å²) < 4.78 is 47.2. The van der Waals surface area contributed by atoms with E-state index in [1.165, 1.54) is 12.1 Å². The first-order valence-corrected chi connectivity index (χ1v) is 7.98. The topological polar surface area (TPSA) is 89.3 Å². The van der Waals surface area contributed by atoms with E-state index in [0.29, 0.717) is 5.69 Å². The van der Waals surface area contributed by atoms with Gasteiger partial charge in [-0.15, -0.1) is 0 Å². The van der Waals surface area contributed by atoms with Crippen molar-refractivity contribution in [3.8, 4) is 0 Å². The Morgan fingerprint density at radius 3 is 2.29 bits per heavy atom. The smallest absolute Gasteiger partial charge is 0.326 e. The zero-order chi connectivity index (χ0) is 15.7. The van der Waals surface area contributed by atoms with Crippen LogP contribution in [-0.4, -0.2) is 25.6 Å². The number of anilines is 1. The minimum atomic E-state index is -4.61. The van der Waals surface area contributed by atoms with E-state index in [0.717, 1.165) is 31.4 Å². The number of rotatable bonds is 5. The van der Waals surface area contributed by atoms with Crippen molar-refractivity contribution in [3.05, 3.63) is 24.3 Å². The number of benzene rings is 1. The third-order valence-corrected chi connectivity index (χ3v) is 4.96. The lowest BCUT2D eigenvalue weighted by molar-refractivity contribution is -0.118. The molecule has 21 heavy (non-hydrogen) atoms. The Bertz CT molecular complexity index is 625. The van der Waals surface area contributed by atoms with Crippen molar-refractivity contribution in [1.29, 1.82) is 0 Å². The third-order valence-electron chi connectivity index (χ3n) is 3.56. The largest absolute Gasteiger partial charge is 0.341 e. The monoisotopic (exact) mass is 318 g/mol. The van der Waals surface area contributed by atoms with Gasteiger partial charge in [0.05, 0.1) is 4.90 Å². The fourth-order valence-corrected chi connectivity index (χ4v) is 2.88. The van der Waals surface area contributed by atoms with Crippen molar-refractivity contribution in [3.63, 3.8) is 0 Å². The SMILES string of the molecule is NC1(CC(=O)Nc2ccc(S(=O)(=O)C(F)F)cc2)CCC1. The fourth-order valence-electron chi connectivity index (χ4n) is 2.16. The predicted octanol–water partition coefficient (Wildman–Crippen LogP) is 1.89. The first kappa shape index (κ1) is 15.8. The second-order valence-electron chi connectivity index (χ2n) is 5.27. The van der Waals surface area contributed by atoms with Crippen molar-refractivity contribution in [2.75, 3.05) is 5.32 Å². The second-order valence-corrected chi connectivity index (χ2v) is 7.19. The standard InChI is InChI=1S/C13H16F2N2O3S/c14-12(15)21(19,20)10-4-2-9(3-5-10)17-11(18)8-13(16)6-1-7-13/h2-5,12H,1,6-8,16H2,(H,17,18). The molecule has 1 fully saturated rings. The van der Waals surface area contributed by atoms with Crippen LogP contribution in [0.3, 0.4) is 0 Å². The summed E-state index contributed by atoms with van der Waals surface area (Å²) in [5, 5.41) is 2.57. The molecule has 0 radical (unpaired) electrons. The van der Waals surface area contributed by atoms with Crippen LogP contribution in [0.25, 0.3) is 0 Å². The van der Waals surface area contributed by atoms with Gasteiger partial charge in [-0.3, -0.25) is 4.79 Å². The van der Waals surface area contributed by atoms with Gasteiger partial charge in [-0.25, -0.2) is 8.42 Å². The van der Waals surface area contributed by atoms with E-state index in [1.807, 2.05) is 0 Å². The highest BCUT2D eigenvalue weighted by Crippen LogP contribution is 2.32. The van der Waals surface area contributed by atoms with Crippen LogP contribution >= 0.6 is 0 Å². The highest BCUT2D eigenvalue weighted by Gasteiger charge is 2.34. The molecular weight excluding hydrogens is 302 g/mol. The molecule has 1 aromatic rings. The van der Waals surface area contributed by atoms with Crippen molar-refractivity contribution >= 4 is 21.4 Å². The number of carbonyl (C=O) groups excluding carboxylic acids is 1. The Kier molecular flexibility index (Phi) is 4.29. The molecule has 0 aliphatic heterocycles. The van der Waals surface area contributed by atoms with Gasteiger partial charge in [-0.05, 0) is 43.5 Å². The molecule has 1 aromatic carbocycles. The highest BCUT2D eigenvalue weighted by molar-refractivity contribution is 7.91. The van der Waals surface area contributed by atoms with E-state index in [2.05, 4.69) is 5.32 Å². The van der Waals surface area contributed by atoms with Crippen molar-refractivity contribution < 1.29 is 22.0 Å². The number of sulfone groups is 1. The maximum absolute atomic E-state index is 12.4. The molecular formula is C13H16F2N2O3S. The molecule has 0 heterocycles. The molecule has 3 N–H and O–H groups in total. The summed E-state index contributed by atoms with van der Waals surface area (Å²) in [6.45, 7) is 0. The van der Waals surface area contributed by atoms with Crippen LogP contribution < -0.4 is 11.1 Å². The van der Waals surface area contributed by atoms with Crippen molar-refractivity contribution in [2.24, 2.45) is 5.73 Å². The molecule has 2 rings (SSSR count). The van der Waals surface area contributed by atoms with Crippen LogP contribution in [0.5, 0.6) is 0 Å². The summed E-state index contributed by atoms with van der Waals surface area (Å²) in [6.07, 6.45) is 2.78. The Labute approximate surface area is 121 Å². The highest BCUT2D eigenvalue weighted by atomic mass is 32.2. The summed E-state index contributed by atoms with van der Waals surface area (Å²) in [5.74, 6) is -3.74. The maximum Gasteiger partial charge on any atom is 0.341 e. The third kappa shape index (κ3) is 3.56. The molecule has 0 bridgehead atoms. The van der Waals surface area contributed by atoms with Gasteiger partial charge in [0.25, 0.3) is 0 Å². The number of nitrogens with one attached hydrogen (secondary N) is 1. The molecule has 0 spiro atoms. The van der Waals surface area contributed by atoms with Crippen LogP contribution in [0.2, 0.25) is 0 Å². The van der Waals surface area contributed by atoms with Crippen molar-refractivity contribution in [2.45, 2.75) is 41.9 Å². The van der Waals surface area contributed by atoms with Crippen LogP contribution in [0.1, 0.15) is 25.7 Å². The van der Waals surface area contributed by atoms with Gasteiger partial charge in [0, 0.05) is 17.6 Å². The number of hydrogen-bond donors (Lipinski definition) is 2. The van der Waals surface area contributed by atoms with Gasteiger partial charge in [0.15, 0.2) is 0 Å². The molecule has 8 heteroatoms. The maximum atomic E-state index is 12.4. The van der Waals surface area contributed by atoms with Gasteiger partial charge in [0.1, 0.15) is 0 Å². The van der Waals surface area contributed by atoms with E-state index in [1.54, 1.807) is 0 Å². The lowest BCUT2D eigenvalue weighted by Gasteiger charge is -2.37. The van der Waals surface area contributed by atoms with E-state index in [9.17, 15) is 22.0 Å². The zero-order valence-corrected chi connectivity index (χ0v) is 12.0. The zero-order valence-electron chi connectivity index (χ0n) is 11.2. The summed E-state index contributed by atoms with van der Waals surface area (Å²) in [7, 11) is -4.61. The first-order valence-electron chi connectivity index (χ1n) is 6.44. The van der Waals surface area contributed by atoms with Crippen molar-refractivity contribution in [1.82, 2.24) is 0 Å². The molecule has 1 amide bonds. The Morgan fingerprint density at radius 1 is 1.29 bits per heavy atom. The lowest BCUT2D eigenvalue weighted by Crippen LogP contribution is -2.48. The molecule has 0 unspecified atom stereocenters. The molecule has 1 saturated carbocycles. The first-order chi connectivity index (χ1) is 9.73. The normalized spacial score (nSPS) is 17.3. The number of alkyl halides is 2. The summed E-state index contributed by atoms with van der Waals surface area (Å²) in [5.41, 5.74) is 5.84. The van der Waals surface area contributed by atoms with E-state index in [-0.39, 0.29) is 12.3 Å². The van der Waals surface area contributed by atoms with Gasteiger partial charge < -0.3 is 11.1 Å². The second kappa shape index (κ2) is 5.69. The average molecular weight is 318 g/mol. The molecule has 1 aliphatic rings. The summed E-state index contributed by atoms with van der Waals surface area (Å²) in [4.78, 5) is 11.3. The van der Waals surface area contributed by atoms with Gasteiger partial charge in [0.2, 0.25) is 15.7 Å². The van der Waals surface area contributed by atoms with E-state index < -0.39 is 26.0 Å². The number of halogens is 2. The predicted molar refractivity (Wildman–Crippen MR) is 73.6 cm³/mol. The summed E-state index contributed by atoms with van der Waals surface area (Å²) >= 11 is 0. The Morgan fingerprint density at radius 2 is 1.86 bits per heavy atom. The lowest BCUT2D eigenvalue weighted by atomic mass is 9.75. The molecule has 5 nitrogen and oxygen atoms in total. The quantitative estimate of drug-likeness (QED) is 0.867. The molecule has 0 saturated heterocycles. The van der Waals surface area contributed by atoms with Gasteiger partial charge >= 0.3 is 5.76 Å². The van der Waals surface area contributed by atoms with Crippen LogP contribution in [0.4, 0.5) is 14.5 Å². The van der Waals surface area contributed by atoms with Crippen LogP contribution in [0.15, 0.2) is 29.2 Å². The Hall–Kier alpha value is -1.54. The number of carbonyl (C=O) groups is 1. The molecule has 0 atom stereocenters. The van der Waals surface area contributed by atoms with Crippen LogP contribution in [0, 0.1) is 0 Å². The minimum Gasteiger partial charge on any atom is -0.326 e.